The Morgan fingerprint density at radius 3 is 2.71 bits per heavy atom. The van der Waals surface area contributed by atoms with Crippen LogP contribution in [0.25, 0.3) is 0 Å². The maximum Gasteiger partial charge on any atom is 0.240 e. The molecule has 1 amide bonds. The predicted molar refractivity (Wildman–Crippen MR) is 82.8 cm³/mol. The molecule has 1 aromatic rings. The molecule has 0 fully saturated rings. The molecular weight excluding hydrogens is 314 g/mol. The zero-order valence-corrected chi connectivity index (χ0v) is 13.6. The second-order valence-electron chi connectivity index (χ2n) is 4.60. The second kappa shape index (κ2) is 8.33. The van der Waals surface area contributed by atoms with Crippen LogP contribution < -0.4 is 15.4 Å². The van der Waals surface area contributed by atoms with Crippen LogP contribution in [-0.2, 0) is 14.8 Å². The van der Waals surface area contributed by atoms with Crippen molar-refractivity contribution in [2.45, 2.75) is 24.3 Å². The van der Waals surface area contributed by atoms with E-state index < -0.39 is 10.0 Å². The van der Waals surface area contributed by atoms with Crippen LogP contribution in [0, 0.1) is 0 Å². The molecule has 0 aliphatic carbocycles. The lowest BCUT2D eigenvalue weighted by molar-refractivity contribution is -0.121. The first-order valence-corrected chi connectivity index (χ1v) is 8.40. The number of rotatable bonds is 8. The molecule has 6 nitrogen and oxygen atoms in total. The van der Waals surface area contributed by atoms with Crippen molar-refractivity contribution < 1.29 is 13.2 Å². The fourth-order valence-electron chi connectivity index (χ4n) is 1.47. The molecule has 0 aliphatic rings. The lowest BCUT2D eigenvalue weighted by Gasteiger charge is -2.11. The molecular formula is C13H20ClN3O3S. The monoisotopic (exact) mass is 333 g/mol. The summed E-state index contributed by atoms with van der Waals surface area (Å²) in [5, 5.41) is 6.04. The fraction of sp³-hybridized carbons (Fsp3) is 0.462. The van der Waals surface area contributed by atoms with E-state index in [4.69, 9.17) is 11.6 Å². The van der Waals surface area contributed by atoms with Gasteiger partial charge in [-0.2, -0.15) is 0 Å². The number of carbonyl (C=O) groups excluding carboxylic acids is 1. The first kappa shape index (κ1) is 17.9. The minimum Gasteiger partial charge on any atom is -0.355 e. The van der Waals surface area contributed by atoms with E-state index in [9.17, 15) is 13.2 Å². The smallest absolute Gasteiger partial charge is 0.240 e. The topological polar surface area (TPSA) is 87.3 Å². The Hall–Kier alpha value is -1.15. The van der Waals surface area contributed by atoms with Crippen molar-refractivity contribution in [2.75, 3.05) is 20.1 Å². The van der Waals surface area contributed by atoms with E-state index in [1.165, 1.54) is 12.1 Å². The van der Waals surface area contributed by atoms with Gasteiger partial charge in [0.05, 0.1) is 4.90 Å². The van der Waals surface area contributed by atoms with E-state index in [-0.39, 0.29) is 29.8 Å². The molecule has 1 aromatic carbocycles. The second-order valence-corrected chi connectivity index (χ2v) is 6.80. The van der Waals surface area contributed by atoms with Crippen LogP contribution in [-0.4, -0.2) is 40.5 Å². The molecule has 0 saturated carbocycles. The third kappa shape index (κ3) is 6.43. The number of sulfonamides is 1. The maximum atomic E-state index is 12.0. The van der Waals surface area contributed by atoms with Crippen molar-refractivity contribution >= 4 is 27.5 Å². The van der Waals surface area contributed by atoms with Gasteiger partial charge in [-0.3, -0.25) is 4.79 Å². The largest absolute Gasteiger partial charge is 0.355 e. The average molecular weight is 334 g/mol. The average Bonchev–Trinajstić information content (AvgIpc) is 2.44. The van der Waals surface area contributed by atoms with Crippen LogP contribution in [0.5, 0.6) is 0 Å². The van der Waals surface area contributed by atoms with Crippen molar-refractivity contribution in [1.29, 1.82) is 0 Å². The van der Waals surface area contributed by atoms with E-state index in [0.29, 0.717) is 11.6 Å². The summed E-state index contributed by atoms with van der Waals surface area (Å²) in [7, 11) is -1.84. The molecule has 3 N–H and O–H groups in total. The summed E-state index contributed by atoms with van der Waals surface area (Å²) >= 11 is 5.76. The number of likely N-dealkylation sites (N-methyl/N-ethyl adjacent to an activating group) is 1. The number of halogens is 1. The summed E-state index contributed by atoms with van der Waals surface area (Å²) in [4.78, 5) is 11.6. The lowest BCUT2D eigenvalue weighted by Crippen LogP contribution is -2.38. The summed E-state index contributed by atoms with van der Waals surface area (Å²) in [5.41, 5.74) is 0. The standard InChI is InChI=1S/C13H20ClN3O3S/c1-10(15-2)9-16-13(18)6-7-17-21(19,20)12-5-3-4-11(14)8-12/h3-5,8,10,15,17H,6-7,9H2,1-2H3,(H,16,18). The van der Waals surface area contributed by atoms with Gasteiger partial charge in [0.25, 0.3) is 0 Å². The molecule has 1 unspecified atom stereocenters. The first-order chi connectivity index (χ1) is 9.85. The highest BCUT2D eigenvalue weighted by molar-refractivity contribution is 7.89. The Balaban J connectivity index is 2.43. The zero-order chi connectivity index (χ0) is 15.9. The Bertz CT molecular complexity index is 578. The van der Waals surface area contributed by atoms with Gasteiger partial charge in [0, 0.05) is 30.6 Å². The van der Waals surface area contributed by atoms with Crippen molar-refractivity contribution in [1.82, 2.24) is 15.4 Å². The predicted octanol–water partition coefficient (Wildman–Crippen LogP) is 0.733. The molecule has 1 atom stereocenters. The molecule has 8 heteroatoms. The number of hydrogen-bond acceptors (Lipinski definition) is 4. The van der Waals surface area contributed by atoms with Crippen LogP contribution in [0.2, 0.25) is 5.02 Å². The molecule has 0 saturated heterocycles. The molecule has 0 aromatic heterocycles. The van der Waals surface area contributed by atoms with Gasteiger partial charge in [0.15, 0.2) is 0 Å². The van der Waals surface area contributed by atoms with Gasteiger partial charge in [-0.25, -0.2) is 13.1 Å². The van der Waals surface area contributed by atoms with Crippen molar-refractivity contribution in [2.24, 2.45) is 0 Å². The van der Waals surface area contributed by atoms with E-state index >= 15 is 0 Å². The Labute approximate surface area is 130 Å². The maximum absolute atomic E-state index is 12.0. The van der Waals surface area contributed by atoms with E-state index in [1.54, 1.807) is 19.2 Å². The molecule has 0 radical (unpaired) electrons. The van der Waals surface area contributed by atoms with Gasteiger partial charge < -0.3 is 10.6 Å². The molecule has 0 aliphatic heterocycles. The van der Waals surface area contributed by atoms with Gasteiger partial charge in [-0.1, -0.05) is 17.7 Å². The van der Waals surface area contributed by atoms with Crippen LogP contribution in [0.3, 0.4) is 0 Å². The van der Waals surface area contributed by atoms with E-state index in [0.717, 1.165) is 0 Å². The Morgan fingerprint density at radius 2 is 2.10 bits per heavy atom. The first-order valence-electron chi connectivity index (χ1n) is 6.54. The molecule has 0 bridgehead atoms. The fourth-order valence-corrected chi connectivity index (χ4v) is 2.81. The van der Waals surface area contributed by atoms with Crippen LogP contribution >= 0.6 is 11.6 Å². The SMILES string of the molecule is CNC(C)CNC(=O)CCNS(=O)(=O)c1cccc(Cl)c1. The quantitative estimate of drug-likeness (QED) is 0.654. The normalized spacial score (nSPS) is 12.9. The molecule has 0 heterocycles. The lowest BCUT2D eigenvalue weighted by atomic mass is 10.3. The van der Waals surface area contributed by atoms with Gasteiger partial charge in [-0.15, -0.1) is 0 Å². The summed E-state index contributed by atoms with van der Waals surface area (Å²) in [5.74, 6) is -0.203. The molecule has 0 spiro atoms. The van der Waals surface area contributed by atoms with Crippen LogP contribution in [0.1, 0.15) is 13.3 Å². The third-order valence-corrected chi connectivity index (χ3v) is 4.54. The van der Waals surface area contributed by atoms with Crippen molar-refractivity contribution in [3.8, 4) is 0 Å². The number of benzene rings is 1. The minimum absolute atomic E-state index is 0.0363. The van der Waals surface area contributed by atoms with Gasteiger partial charge in [0.1, 0.15) is 0 Å². The van der Waals surface area contributed by atoms with Crippen LogP contribution in [0.15, 0.2) is 29.2 Å². The van der Waals surface area contributed by atoms with Crippen molar-refractivity contribution in [3.05, 3.63) is 29.3 Å². The minimum atomic E-state index is -3.64. The number of nitrogens with one attached hydrogen (secondary N) is 3. The van der Waals surface area contributed by atoms with Gasteiger partial charge >= 0.3 is 0 Å². The summed E-state index contributed by atoms with van der Waals surface area (Å²) < 4.78 is 26.3. The Kier molecular flexibility index (Phi) is 7.10. The van der Waals surface area contributed by atoms with Crippen LogP contribution in [0.4, 0.5) is 0 Å². The molecule has 1 rings (SSSR count). The zero-order valence-electron chi connectivity index (χ0n) is 12.0. The third-order valence-electron chi connectivity index (χ3n) is 2.85. The highest BCUT2D eigenvalue weighted by Crippen LogP contribution is 2.14. The number of carbonyl (C=O) groups is 1. The number of amides is 1. The Morgan fingerprint density at radius 1 is 1.38 bits per heavy atom. The molecule has 21 heavy (non-hydrogen) atoms. The highest BCUT2D eigenvalue weighted by atomic mass is 35.5. The molecule has 118 valence electrons. The van der Waals surface area contributed by atoms with Gasteiger partial charge in [0.2, 0.25) is 15.9 Å². The highest BCUT2D eigenvalue weighted by Gasteiger charge is 2.14. The van der Waals surface area contributed by atoms with E-state index in [1.807, 2.05) is 6.92 Å². The van der Waals surface area contributed by atoms with E-state index in [2.05, 4.69) is 15.4 Å². The van der Waals surface area contributed by atoms with Gasteiger partial charge in [-0.05, 0) is 32.2 Å². The summed E-state index contributed by atoms with van der Waals surface area (Å²) in [6.07, 6.45) is 0.0796. The number of hydrogen-bond donors (Lipinski definition) is 3. The summed E-state index contributed by atoms with van der Waals surface area (Å²) in [6, 6.07) is 6.12. The van der Waals surface area contributed by atoms with Crippen molar-refractivity contribution in [3.63, 3.8) is 0 Å². The summed E-state index contributed by atoms with van der Waals surface area (Å²) in [6.45, 7) is 2.47.